The van der Waals surface area contributed by atoms with Gasteiger partial charge < -0.3 is 15.4 Å². The zero-order valence-electron chi connectivity index (χ0n) is 26.7. The monoisotopic (exact) mass is 579 g/mol. The average Bonchev–Trinajstić information content (AvgIpc) is 2.94. The number of rotatable bonds is 11. The Labute approximate surface area is 254 Å². The molecule has 42 heavy (non-hydrogen) atoms. The Hall–Kier alpha value is -3.31. The Morgan fingerprint density at radius 3 is 2.33 bits per heavy atom. The van der Waals surface area contributed by atoms with Crippen molar-refractivity contribution in [2.75, 3.05) is 32.7 Å². The van der Waals surface area contributed by atoms with E-state index in [1.807, 2.05) is 37.0 Å². The van der Waals surface area contributed by atoms with Gasteiger partial charge in [-0.3, -0.25) is 15.0 Å². The predicted octanol–water partition coefficient (Wildman–Crippen LogP) is 6.21. The summed E-state index contributed by atoms with van der Waals surface area (Å²) in [6.07, 6.45) is 19.1. The number of piperidine rings is 2. The molecular weight excluding hydrogens is 526 g/mol. The molecule has 2 amide bonds. The van der Waals surface area contributed by atoms with Crippen LogP contribution < -0.4 is 11.1 Å². The highest BCUT2D eigenvalue weighted by Gasteiger charge is 2.33. The van der Waals surface area contributed by atoms with Crippen LogP contribution in [-0.2, 0) is 9.53 Å². The topological polar surface area (TPSA) is 112 Å². The van der Waals surface area contributed by atoms with E-state index in [0.717, 1.165) is 75.9 Å². The maximum Gasteiger partial charge on any atom is 0.413 e. The molecule has 0 bridgehead atoms. The fourth-order valence-corrected chi connectivity index (χ4v) is 5.48. The third-order valence-corrected chi connectivity index (χ3v) is 7.83. The zero-order chi connectivity index (χ0) is 31.1. The lowest BCUT2D eigenvalue weighted by atomic mass is 9.80. The molecule has 0 aromatic carbocycles. The van der Waals surface area contributed by atoms with Crippen LogP contribution in [-0.4, -0.2) is 60.1 Å². The van der Waals surface area contributed by atoms with Crippen LogP contribution in [0.4, 0.5) is 4.79 Å². The van der Waals surface area contributed by atoms with Gasteiger partial charge in [-0.1, -0.05) is 55.4 Å². The Bertz CT molecular complexity index is 1070. The number of allylic oxidation sites excluding steroid dienone is 7. The minimum Gasteiger partial charge on any atom is -0.444 e. The maximum atomic E-state index is 13.3. The lowest BCUT2D eigenvalue weighted by Crippen LogP contribution is -2.46. The summed E-state index contributed by atoms with van der Waals surface area (Å²) in [7, 11) is 0. The Morgan fingerprint density at radius 2 is 1.76 bits per heavy atom. The van der Waals surface area contributed by atoms with E-state index in [1.54, 1.807) is 26.8 Å². The molecular formula is C34H53N5O3. The van der Waals surface area contributed by atoms with E-state index in [4.69, 9.17) is 10.5 Å². The van der Waals surface area contributed by atoms with Crippen LogP contribution >= 0.6 is 0 Å². The summed E-state index contributed by atoms with van der Waals surface area (Å²) in [5.41, 5.74) is 7.52. The van der Waals surface area contributed by atoms with Gasteiger partial charge >= 0.3 is 6.09 Å². The van der Waals surface area contributed by atoms with E-state index < -0.39 is 11.7 Å². The third-order valence-electron chi connectivity index (χ3n) is 7.83. The molecule has 0 saturated carbocycles. The van der Waals surface area contributed by atoms with Crippen molar-refractivity contribution < 1.29 is 14.3 Å². The van der Waals surface area contributed by atoms with Gasteiger partial charge in [-0.05, 0) is 97.4 Å². The van der Waals surface area contributed by atoms with E-state index in [1.165, 1.54) is 0 Å². The SMILES string of the molecule is C/C=C(\C=C(/N)NC(=O)OC(C)(C)C)CN1CCC(C(=O)N2CCC(C(C#N)/C(C)=C/C=C\C=C\CCC)CC2)CC1. The molecule has 3 N–H and O–H groups in total. The van der Waals surface area contributed by atoms with Crippen molar-refractivity contribution in [3.8, 4) is 6.07 Å². The van der Waals surface area contributed by atoms with Crippen LogP contribution in [0.25, 0.3) is 0 Å². The number of nitrogens with zero attached hydrogens (tertiary/aromatic N) is 3. The zero-order valence-corrected chi connectivity index (χ0v) is 26.7. The minimum absolute atomic E-state index is 0.0422. The lowest BCUT2D eigenvalue weighted by molar-refractivity contribution is -0.138. The number of ether oxygens (including phenoxy) is 1. The molecule has 2 rings (SSSR count). The van der Waals surface area contributed by atoms with Crippen LogP contribution in [0.2, 0.25) is 0 Å². The standard InChI is InChI=1S/C34H53N5O3/c1-7-9-10-11-12-13-14-26(3)30(24-35)28-17-21-39(22-18-28)32(40)29-15-19-38(20-16-29)25-27(8-2)23-31(36)37-33(41)42-34(4,5)6/h8,10-14,23,28-30H,7,9,15-22,25,36H2,1-6H3,(H,37,41)/b11-10+,13-12-,26-14+,27-8+,31-23+. The first-order valence-corrected chi connectivity index (χ1v) is 15.5. The van der Waals surface area contributed by atoms with E-state index in [0.29, 0.717) is 6.54 Å². The van der Waals surface area contributed by atoms with Crippen molar-refractivity contribution in [3.63, 3.8) is 0 Å². The predicted molar refractivity (Wildman–Crippen MR) is 170 cm³/mol. The van der Waals surface area contributed by atoms with Crippen molar-refractivity contribution in [2.45, 2.75) is 85.7 Å². The van der Waals surface area contributed by atoms with E-state index in [-0.39, 0.29) is 29.5 Å². The molecule has 1 unspecified atom stereocenters. The molecule has 232 valence electrons. The summed E-state index contributed by atoms with van der Waals surface area (Å²) >= 11 is 0. The van der Waals surface area contributed by atoms with Gasteiger partial charge in [0.15, 0.2) is 0 Å². The molecule has 0 aromatic rings. The van der Waals surface area contributed by atoms with E-state index in [2.05, 4.69) is 41.4 Å². The number of nitrogens with one attached hydrogen (secondary N) is 1. The number of carbonyl (C=O) groups is 2. The number of nitrogens with two attached hydrogens (primary N) is 1. The van der Waals surface area contributed by atoms with Gasteiger partial charge in [0.05, 0.1) is 12.0 Å². The first-order valence-electron chi connectivity index (χ1n) is 15.5. The minimum atomic E-state index is -0.593. The van der Waals surface area contributed by atoms with Crippen LogP contribution in [0.3, 0.4) is 0 Å². The molecule has 2 aliphatic heterocycles. The molecule has 2 saturated heterocycles. The largest absolute Gasteiger partial charge is 0.444 e. The van der Waals surface area contributed by atoms with Crippen molar-refractivity contribution >= 4 is 12.0 Å². The van der Waals surface area contributed by atoms with Gasteiger partial charge in [-0.25, -0.2) is 4.79 Å². The summed E-state index contributed by atoms with van der Waals surface area (Å²) in [6.45, 7) is 15.4. The summed E-state index contributed by atoms with van der Waals surface area (Å²) < 4.78 is 5.26. The number of unbranched alkanes of at least 4 members (excludes halogenated alkanes) is 1. The van der Waals surface area contributed by atoms with E-state index in [9.17, 15) is 14.9 Å². The Kier molecular flexibility index (Phi) is 14.6. The second-order valence-electron chi connectivity index (χ2n) is 12.4. The lowest BCUT2D eigenvalue weighted by Gasteiger charge is -2.38. The number of amides is 2. The number of alkyl carbamates (subject to hydrolysis) is 1. The quantitative estimate of drug-likeness (QED) is 0.282. The Balaban J connectivity index is 1.81. The highest BCUT2D eigenvalue weighted by Crippen LogP contribution is 2.31. The van der Waals surface area contributed by atoms with Crippen molar-refractivity contribution in [1.29, 1.82) is 5.26 Å². The van der Waals surface area contributed by atoms with Gasteiger partial charge in [0, 0.05) is 25.6 Å². The number of nitriles is 1. The van der Waals surface area contributed by atoms with Crippen molar-refractivity contribution in [3.05, 3.63) is 59.5 Å². The van der Waals surface area contributed by atoms with Crippen LogP contribution in [0.1, 0.15) is 80.1 Å². The fourth-order valence-electron chi connectivity index (χ4n) is 5.48. The average molecular weight is 580 g/mol. The maximum absolute atomic E-state index is 13.3. The second-order valence-corrected chi connectivity index (χ2v) is 12.4. The van der Waals surface area contributed by atoms with Gasteiger partial charge in [0.2, 0.25) is 5.91 Å². The van der Waals surface area contributed by atoms with Crippen molar-refractivity contribution in [2.24, 2.45) is 23.5 Å². The second kappa shape index (κ2) is 17.6. The highest BCUT2D eigenvalue weighted by molar-refractivity contribution is 5.79. The van der Waals surface area contributed by atoms with E-state index >= 15 is 0 Å². The van der Waals surface area contributed by atoms with Crippen LogP contribution in [0, 0.1) is 29.1 Å². The summed E-state index contributed by atoms with van der Waals surface area (Å²) in [4.78, 5) is 29.7. The summed E-state index contributed by atoms with van der Waals surface area (Å²) in [5.74, 6) is 0.711. The van der Waals surface area contributed by atoms with Gasteiger partial charge in [0.1, 0.15) is 11.4 Å². The first kappa shape index (κ1) is 34.9. The van der Waals surface area contributed by atoms with Gasteiger partial charge in [-0.15, -0.1) is 0 Å². The number of likely N-dealkylation sites (tertiary alicyclic amines) is 2. The third kappa shape index (κ3) is 12.3. The van der Waals surface area contributed by atoms with Crippen molar-refractivity contribution in [1.82, 2.24) is 15.1 Å². The molecule has 1 atom stereocenters. The summed E-state index contributed by atoms with van der Waals surface area (Å²) in [5, 5.41) is 12.5. The number of hydrogen-bond acceptors (Lipinski definition) is 6. The molecule has 0 radical (unpaired) electrons. The molecule has 8 heteroatoms. The van der Waals surface area contributed by atoms with Gasteiger partial charge in [0.25, 0.3) is 0 Å². The molecule has 2 heterocycles. The smallest absolute Gasteiger partial charge is 0.413 e. The van der Waals surface area contributed by atoms with Crippen LogP contribution in [0.15, 0.2) is 59.5 Å². The molecule has 8 nitrogen and oxygen atoms in total. The molecule has 0 aromatic heterocycles. The highest BCUT2D eigenvalue weighted by atomic mass is 16.6. The molecule has 0 spiro atoms. The molecule has 2 fully saturated rings. The van der Waals surface area contributed by atoms with Crippen LogP contribution in [0.5, 0.6) is 0 Å². The number of carbonyl (C=O) groups excluding carboxylic acids is 2. The Morgan fingerprint density at radius 1 is 1.10 bits per heavy atom. The molecule has 0 aliphatic carbocycles. The number of hydrogen-bond donors (Lipinski definition) is 2. The fraction of sp³-hybridized carbons (Fsp3) is 0.618. The van der Waals surface area contributed by atoms with Gasteiger partial charge in [-0.2, -0.15) is 5.26 Å². The normalized spacial score (nSPS) is 19.7. The summed E-state index contributed by atoms with van der Waals surface area (Å²) in [6, 6.07) is 2.52. The molecule has 2 aliphatic rings. The first-order chi connectivity index (χ1) is 20.0.